The van der Waals surface area contributed by atoms with Gasteiger partial charge in [-0.2, -0.15) is 4.31 Å². The Morgan fingerprint density at radius 3 is 2.43 bits per heavy atom. The molecule has 4 rings (SSSR count). The molecule has 144 valence electrons. The third-order valence-electron chi connectivity index (χ3n) is 5.15. The highest BCUT2D eigenvalue weighted by atomic mass is 32.2. The zero-order valence-corrected chi connectivity index (χ0v) is 15.9. The fourth-order valence-corrected chi connectivity index (χ4v) is 5.18. The molecule has 1 saturated heterocycles. The normalized spacial score (nSPS) is 18.6. The monoisotopic (exact) mass is 400 g/mol. The highest BCUT2D eigenvalue weighted by Gasteiger charge is 2.37. The van der Waals surface area contributed by atoms with E-state index in [2.05, 4.69) is 0 Å². The largest absolute Gasteiger partial charge is 0.444 e. The molecule has 2 heterocycles. The molecule has 0 spiro atoms. The molecule has 2 aliphatic rings. The number of amides is 1. The van der Waals surface area contributed by atoms with Gasteiger partial charge < -0.3 is 4.74 Å². The van der Waals surface area contributed by atoms with Gasteiger partial charge in [-0.3, -0.25) is 4.90 Å². The fraction of sp³-hybridized carbons (Fsp3) is 0.316. The number of ether oxygens (including phenoxy) is 1. The summed E-state index contributed by atoms with van der Waals surface area (Å²) in [6.45, 7) is 0.699. The molecule has 0 aromatic heterocycles. The smallest absolute Gasteiger partial charge is 0.414 e. The Hall–Kier alpha value is -2.39. The fourth-order valence-electron chi connectivity index (χ4n) is 3.71. The molecule has 2 radical (unpaired) electrons. The summed E-state index contributed by atoms with van der Waals surface area (Å²) in [5, 5.41) is 0. The van der Waals surface area contributed by atoms with E-state index >= 15 is 0 Å². The average molecular weight is 400 g/mol. The summed E-state index contributed by atoms with van der Waals surface area (Å²) in [7, 11) is 2.12. The van der Waals surface area contributed by atoms with Crippen molar-refractivity contribution in [1.29, 1.82) is 0 Å². The van der Waals surface area contributed by atoms with E-state index in [1.54, 1.807) is 23.1 Å². The minimum Gasteiger partial charge on any atom is -0.444 e. The van der Waals surface area contributed by atoms with Gasteiger partial charge in [-0.25, -0.2) is 17.6 Å². The molecule has 2 aromatic rings. The first-order chi connectivity index (χ1) is 13.4. The maximum atomic E-state index is 13.1. The van der Waals surface area contributed by atoms with Gasteiger partial charge in [0, 0.05) is 24.7 Å². The van der Waals surface area contributed by atoms with Crippen LogP contribution in [0.3, 0.4) is 0 Å². The number of benzene rings is 2. The molecule has 1 fully saturated rings. The Morgan fingerprint density at radius 2 is 1.75 bits per heavy atom. The quantitative estimate of drug-likeness (QED) is 0.739. The predicted molar refractivity (Wildman–Crippen MR) is 103 cm³/mol. The molecule has 0 unspecified atom stereocenters. The Kier molecular flexibility index (Phi) is 4.88. The van der Waals surface area contributed by atoms with Crippen molar-refractivity contribution in [2.24, 2.45) is 0 Å². The lowest BCUT2D eigenvalue weighted by Gasteiger charge is -2.39. The number of carbonyl (C=O) groups is 1. The first-order valence-corrected chi connectivity index (χ1v) is 10.4. The van der Waals surface area contributed by atoms with Gasteiger partial charge in [-0.15, -0.1) is 0 Å². The molecule has 0 N–H and O–H groups in total. The SMILES string of the molecule is [B]c1ccc2c(c1)COC(=O)N2C1CCN(S(=O)(=O)c2ccc(F)cc2)CC1. The molecule has 0 atom stereocenters. The molecule has 2 aliphatic heterocycles. The van der Waals surface area contributed by atoms with Gasteiger partial charge in [-0.1, -0.05) is 17.6 Å². The van der Waals surface area contributed by atoms with Gasteiger partial charge >= 0.3 is 6.09 Å². The summed E-state index contributed by atoms with van der Waals surface area (Å²) in [6.07, 6.45) is 0.510. The molecular weight excluding hydrogens is 382 g/mol. The summed E-state index contributed by atoms with van der Waals surface area (Å²) in [4.78, 5) is 14.0. The van der Waals surface area contributed by atoms with Crippen molar-refractivity contribution in [3.8, 4) is 0 Å². The predicted octanol–water partition coefficient (Wildman–Crippen LogP) is 1.93. The van der Waals surface area contributed by atoms with Crippen LogP contribution in [0.2, 0.25) is 0 Å². The Balaban J connectivity index is 1.52. The van der Waals surface area contributed by atoms with Gasteiger partial charge in [0.15, 0.2) is 0 Å². The number of hydrogen-bond donors (Lipinski definition) is 0. The maximum absolute atomic E-state index is 13.1. The number of cyclic esters (lactones) is 1. The lowest BCUT2D eigenvalue weighted by Crippen LogP contribution is -2.50. The first kappa shape index (κ1) is 19.0. The second kappa shape index (κ2) is 7.22. The van der Waals surface area contributed by atoms with Crippen molar-refractivity contribution in [3.63, 3.8) is 0 Å². The zero-order valence-electron chi connectivity index (χ0n) is 15.0. The molecule has 2 aromatic carbocycles. The Morgan fingerprint density at radius 1 is 1.07 bits per heavy atom. The second-order valence-corrected chi connectivity index (χ2v) is 8.84. The zero-order chi connectivity index (χ0) is 19.9. The lowest BCUT2D eigenvalue weighted by atomic mass is 9.92. The van der Waals surface area contributed by atoms with E-state index in [9.17, 15) is 17.6 Å². The van der Waals surface area contributed by atoms with Crippen LogP contribution in [0, 0.1) is 5.82 Å². The van der Waals surface area contributed by atoms with Crippen molar-refractivity contribution in [2.75, 3.05) is 18.0 Å². The average Bonchev–Trinajstić information content (AvgIpc) is 2.68. The lowest BCUT2D eigenvalue weighted by molar-refractivity contribution is 0.136. The van der Waals surface area contributed by atoms with Crippen molar-refractivity contribution < 1.29 is 22.3 Å². The summed E-state index contributed by atoms with van der Waals surface area (Å²) < 4.78 is 45.3. The third-order valence-corrected chi connectivity index (χ3v) is 7.06. The number of sulfonamides is 1. The molecule has 0 aliphatic carbocycles. The molecule has 0 bridgehead atoms. The molecule has 9 heteroatoms. The van der Waals surface area contributed by atoms with Crippen LogP contribution in [0.5, 0.6) is 0 Å². The summed E-state index contributed by atoms with van der Waals surface area (Å²) in [6, 6.07) is 9.93. The van der Waals surface area contributed by atoms with Crippen LogP contribution in [-0.2, 0) is 21.4 Å². The number of carbonyl (C=O) groups excluding carboxylic acids is 1. The van der Waals surface area contributed by atoms with Crippen LogP contribution in [0.4, 0.5) is 14.9 Å². The van der Waals surface area contributed by atoms with E-state index < -0.39 is 21.9 Å². The van der Waals surface area contributed by atoms with E-state index in [0.29, 0.717) is 18.3 Å². The number of fused-ring (bicyclic) bond motifs is 1. The van der Waals surface area contributed by atoms with Crippen LogP contribution >= 0.6 is 0 Å². The first-order valence-electron chi connectivity index (χ1n) is 8.96. The number of halogens is 1. The molecule has 0 saturated carbocycles. The van der Waals surface area contributed by atoms with Crippen molar-refractivity contribution >= 4 is 35.1 Å². The standard InChI is InChI=1S/C19H18BFN2O4S/c20-14-1-6-18-13(11-14)12-27-19(24)23(18)16-7-9-22(10-8-16)28(25,26)17-4-2-15(21)3-5-17/h1-6,11,16H,7-10,12H2. The number of hydrogen-bond acceptors (Lipinski definition) is 4. The van der Waals surface area contributed by atoms with Crippen molar-refractivity contribution in [2.45, 2.75) is 30.4 Å². The molecule has 6 nitrogen and oxygen atoms in total. The maximum Gasteiger partial charge on any atom is 0.414 e. The van der Waals surface area contributed by atoms with Crippen molar-refractivity contribution in [1.82, 2.24) is 4.31 Å². The van der Waals surface area contributed by atoms with Crippen LogP contribution in [-0.4, -0.2) is 45.8 Å². The molecular formula is C19H18BFN2O4S. The van der Waals surface area contributed by atoms with Gasteiger partial charge in [0.1, 0.15) is 20.3 Å². The van der Waals surface area contributed by atoms with Gasteiger partial charge in [0.2, 0.25) is 10.0 Å². The van der Waals surface area contributed by atoms with Crippen molar-refractivity contribution in [3.05, 3.63) is 53.8 Å². The summed E-state index contributed by atoms with van der Waals surface area (Å²) in [5.74, 6) is -0.486. The summed E-state index contributed by atoms with van der Waals surface area (Å²) in [5.41, 5.74) is 2.18. The molecule has 1 amide bonds. The highest BCUT2D eigenvalue weighted by Crippen LogP contribution is 2.32. The van der Waals surface area contributed by atoms with E-state index in [0.717, 1.165) is 23.4 Å². The van der Waals surface area contributed by atoms with Gasteiger partial charge in [-0.05, 0) is 43.2 Å². The van der Waals surface area contributed by atoms with Crippen LogP contribution in [0.15, 0.2) is 47.4 Å². The van der Waals surface area contributed by atoms with E-state index in [4.69, 9.17) is 12.6 Å². The second-order valence-electron chi connectivity index (χ2n) is 6.90. The number of anilines is 1. The summed E-state index contributed by atoms with van der Waals surface area (Å²) >= 11 is 0. The highest BCUT2D eigenvalue weighted by molar-refractivity contribution is 7.89. The Labute approximate surface area is 164 Å². The topological polar surface area (TPSA) is 66.9 Å². The Bertz CT molecular complexity index is 1010. The minimum atomic E-state index is -3.70. The van der Waals surface area contributed by atoms with Gasteiger partial charge in [0.25, 0.3) is 0 Å². The number of nitrogens with zero attached hydrogens (tertiary/aromatic N) is 2. The van der Waals surface area contributed by atoms with E-state index in [-0.39, 0.29) is 30.6 Å². The molecule has 28 heavy (non-hydrogen) atoms. The van der Waals surface area contributed by atoms with E-state index in [1.165, 1.54) is 16.4 Å². The number of rotatable bonds is 3. The third kappa shape index (κ3) is 3.40. The number of piperidine rings is 1. The van der Waals surface area contributed by atoms with Crippen LogP contribution in [0.25, 0.3) is 0 Å². The minimum absolute atomic E-state index is 0.0607. The van der Waals surface area contributed by atoms with Crippen LogP contribution in [0.1, 0.15) is 18.4 Å². The van der Waals surface area contributed by atoms with Crippen LogP contribution < -0.4 is 10.4 Å². The van der Waals surface area contributed by atoms with Gasteiger partial charge in [0.05, 0.1) is 10.6 Å². The van der Waals surface area contributed by atoms with E-state index in [1.807, 2.05) is 0 Å².